The SMILES string of the molecule is Cc1cc(-c2c(OCC(=O)N3C(C)COCC3C)nc(N)nc2-c2ccc(F)cc2)cc(C(F)F)n1. The number of ether oxygens (including phenoxy) is 2. The Hall–Kier alpha value is -3.73. The van der Waals surface area contributed by atoms with E-state index in [0.29, 0.717) is 30.0 Å². The van der Waals surface area contributed by atoms with Crippen molar-refractivity contribution in [1.29, 1.82) is 0 Å². The molecule has 0 aliphatic carbocycles. The molecule has 3 aromatic rings. The molecular weight excluding hydrogens is 475 g/mol. The Morgan fingerprint density at radius 3 is 2.42 bits per heavy atom. The van der Waals surface area contributed by atoms with Crippen molar-refractivity contribution in [3.05, 3.63) is 53.6 Å². The second-order valence-corrected chi connectivity index (χ2v) is 8.67. The molecule has 2 atom stereocenters. The molecule has 2 unspecified atom stereocenters. The number of amides is 1. The monoisotopic (exact) mass is 501 g/mol. The highest BCUT2D eigenvalue weighted by Gasteiger charge is 2.30. The van der Waals surface area contributed by atoms with E-state index in [2.05, 4.69) is 15.0 Å². The Morgan fingerprint density at radius 2 is 1.78 bits per heavy atom. The Bertz CT molecular complexity index is 1250. The third-order valence-corrected chi connectivity index (χ3v) is 5.78. The van der Waals surface area contributed by atoms with Crippen molar-refractivity contribution in [2.24, 2.45) is 0 Å². The minimum atomic E-state index is -2.82. The molecule has 0 radical (unpaired) electrons. The largest absolute Gasteiger partial charge is 0.467 e. The third kappa shape index (κ3) is 5.40. The number of nitrogens with zero attached hydrogens (tertiary/aromatic N) is 4. The fourth-order valence-corrected chi connectivity index (χ4v) is 4.29. The number of nitrogens with two attached hydrogens (primary N) is 1. The molecule has 3 heterocycles. The summed E-state index contributed by atoms with van der Waals surface area (Å²) >= 11 is 0. The van der Waals surface area contributed by atoms with Crippen LogP contribution in [0.2, 0.25) is 0 Å². The molecule has 1 aromatic carbocycles. The average Bonchev–Trinajstić information content (AvgIpc) is 2.82. The number of pyridine rings is 1. The summed E-state index contributed by atoms with van der Waals surface area (Å²) in [5, 5.41) is 0. The van der Waals surface area contributed by atoms with Gasteiger partial charge < -0.3 is 20.1 Å². The number of anilines is 1. The zero-order valence-electron chi connectivity index (χ0n) is 20.0. The molecule has 1 aliphatic rings. The quantitative estimate of drug-likeness (QED) is 0.540. The molecule has 11 heteroatoms. The van der Waals surface area contributed by atoms with Crippen LogP contribution in [0.5, 0.6) is 5.88 Å². The topological polar surface area (TPSA) is 103 Å². The second-order valence-electron chi connectivity index (χ2n) is 8.67. The third-order valence-electron chi connectivity index (χ3n) is 5.78. The molecule has 8 nitrogen and oxygen atoms in total. The first-order valence-corrected chi connectivity index (χ1v) is 11.4. The molecular formula is C25H26F3N5O3. The zero-order valence-corrected chi connectivity index (χ0v) is 20.0. The minimum absolute atomic E-state index is 0.0606. The van der Waals surface area contributed by atoms with Gasteiger partial charge in [-0.3, -0.25) is 9.78 Å². The van der Waals surface area contributed by atoms with Gasteiger partial charge in [0.2, 0.25) is 11.8 Å². The van der Waals surface area contributed by atoms with Crippen LogP contribution >= 0.6 is 0 Å². The van der Waals surface area contributed by atoms with Crippen LogP contribution in [0.4, 0.5) is 19.1 Å². The average molecular weight is 502 g/mol. The lowest BCUT2D eigenvalue weighted by atomic mass is 9.99. The van der Waals surface area contributed by atoms with Crippen LogP contribution in [-0.4, -0.2) is 57.7 Å². The number of morpholine rings is 1. The van der Waals surface area contributed by atoms with Crippen LogP contribution in [0.3, 0.4) is 0 Å². The van der Waals surface area contributed by atoms with Crippen LogP contribution in [-0.2, 0) is 9.53 Å². The lowest BCUT2D eigenvalue weighted by Crippen LogP contribution is -2.53. The van der Waals surface area contributed by atoms with Crippen LogP contribution in [0.15, 0.2) is 36.4 Å². The lowest BCUT2D eigenvalue weighted by Gasteiger charge is -2.38. The van der Waals surface area contributed by atoms with Crippen molar-refractivity contribution in [2.45, 2.75) is 39.3 Å². The predicted molar refractivity (Wildman–Crippen MR) is 127 cm³/mol. The maximum Gasteiger partial charge on any atom is 0.280 e. The van der Waals surface area contributed by atoms with E-state index < -0.39 is 17.9 Å². The van der Waals surface area contributed by atoms with E-state index in [1.54, 1.807) is 17.9 Å². The molecule has 2 aromatic heterocycles. The molecule has 0 bridgehead atoms. The summed E-state index contributed by atoms with van der Waals surface area (Å²) in [5.74, 6) is -0.968. The summed E-state index contributed by atoms with van der Waals surface area (Å²) < 4.78 is 52.1. The normalized spacial score (nSPS) is 17.9. The summed E-state index contributed by atoms with van der Waals surface area (Å²) in [6, 6.07) is 7.94. The van der Waals surface area contributed by atoms with Crippen LogP contribution in [0.25, 0.3) is 22.4 Å². The smallest absolute Gasteiger partial charge is 0.280 e. The summed E-state index contributed by atoms with van der Waals surface area (Å²) in [4.78, 5) is 27.1. The van der Waals surface area contributed by atoms with Crippen LogP contribution < -0.4 is 10.5 Å². The van der Waals surface area contributed by atoms with E-state index in [-0.39, 0.29) is 47.7 Å². The van der Waals surface area contributed by atoms with Gasteiger partial charge in [-0.2, -0.15) is 4.98 Å². The number of carbonyl (C=O) groups excluding carboxylic acids is 1. The van der Waals surface area contributed by atoms with Gasteiger partial charge in [-0.1, -0.05) is 0 Å². The molecule has 1 saturated heterocycles. The van der Waals surface area contributed by atoms with Crippen LogP contribution in [0, 0.1) is 12.7 Å². The number of aromatic nitrogens is 3. The molecule has 0 spiro atoms. The first-order valence-electron chi connectivity index (χ1n) is 11.4. The number of benzene rings is 1. The van der Waals surface area contributed by atoms with E-state index in [1.165, 1.54) is 30.3 Å². The molecule has 36 heavy (non-hydrogen) atoms. The molecule has 1 fully saturated rings. The maximum atomic E-state index is 13.6. The molecule has 2 N–H and O–H groups in total. The molecule has 1 aliphatic heterocycles. The van der Waals surface area contributed by atoms with Crippen molar-refractivity contribution in [3.63, 3.8) is 0 Å². The van der Waals surface area contributed by atoms with E-state index in [0.717, 1.165) is 0 Å². The van der Waals surface area contributed by atoms with E-state index >= 15 is 0 Å². The standard InChI is InChI=1S/C25H26F3N5O3/c1-13-8-17(9-19(30-13)23(27)28)21-22(16-4-6-18(26)7-5-16)31-25(29)32-24(21)36-12-20(34)33-14(2)10-35-11-15(33)3/h4-9,14-15,23H,10-12H2,1-3H3,(H2,29,31,32). The molecule has 1 amide bonds. The van der Waals surface area contributed by atoms with E-state index in [1.807, 2.05) is 13.8 Å². The number of hydrogen-bond donors (Lipinski definition) is 1. The Labute approximate surface area is 206 Å². The number of rotatable bonds is 6. The lowest BCUT2D eigenvalue weighted by molar-refractivity contribution is -0.146. The zero-order chi connectivity index (χ0) is 26.0. The number of nitrogen functional groups attached to an aromatic ring is 1. The summed E-state index contributed by atoms with van der Waals surface area (Å²) in [6.45, 7) is 5.77. The van der Waals surface area contributed by atoms with E-state index in [9.17, 15) is 18.0 Å². The van der Waals surface area contributed by atoms with Gasteiger partial charge in [0, 0.05) is 11.3 Å². The van der Waals surface area contributed by atoms with Gasteiger partial charge in [-0.05, 0) is 62.7 Å². The highest BCUT2D eigenvalue weighted by atomic mass is 19.3. The van der Waals surface area contributed by atoms with Gasteiger partial charge in [0.15, 0.2) is 6.61 Å². The van der Waals surface area contributed by atoms with Gasteiger partial charge in [0.25, 0.3) is 12.3 Å². The van der Waals surface area contributed by atoms with Crippen molar-refractivity contribution in [1.82, 2.24) is 19.9 Å². The fraction of sp³-hybridized carbons (Fsp3) is 0.360. The van der Waals surface area contributed by atoms with Gasteiger partial charge in [0.05, 0.1) is 36.6 Å². The van der Waals surface area contributed by atoms with Crippen LogP contribution in [0.1, 0.15) is 31.7 Å². The first-order chi connectivity index (χ1) is 17.1. The highest BCUT2D eigenvalue weighted by molar-refractivity contribution is 5.86. The molecule has 190 valence electrons. The van der Waals surface area contributed by atoms with E-state index in [4.69, 9.17) is 15.2 Å². The maximum absolute atomic E-state index is 13.6. The summed E-state index contributed by atoms with van der Waals surface area (Å²) in [6.07, 6.45) is -2.82. The molecule has 0 saturated carbocycles. The number of halogens is 3. The van der Waals surface area contributed by atoms with Crippen molar-refractivity contribution < 1.29 is 27.4 Å². The minimum Gasteiger partial charge on any atom is -0.467 e. The first kappa shape index (κ1) is 25.4. The summed E-state index contributed by atoms with van der Waals surface area (Å²) in [7, 11) is 0. The van der Waals surface area contributed by atoms with Gasteiger partial charge in [-0.25, -0.2) is 18.2 Å². The predicted octanol–water partition coefficient (Wildman–Crippen LogP) is 4.19. The summed E-state index contributed by atoms with van der Waals surface area (Å²) in [5.41, 5.74) is 7.08. The van der Waals surface area contributed by atoms with Crippen molar-refractivity contribution in [2.75, 3.05) is 25.6 Å². The van der Waals surface area contributed by atoms with Gasteiger partial charge in [-0.15, -0.1) is 0 Å². The van der Waals surface area contributed by atoms with Crippen molar-refractivity contribution in [3.8, 4) is 28.3 Å². The Kier molecular flexibility index (Phi) is 7.39. The van der Waals surface area contributed by atoms with Gasteiger partial charge in [0.1, 0.15) is 11.5 Å². The number of hydrogen-bond acceptors (Lipinski definition) is 7. The molecule has 4 rings (SSSR count). The highest BCUT2D eigenvalue weighted by Crippen LogP contribution is 2.39. The van der Waals surface area contributed by atoms with Gasteiger partial charge >= 0.3 is 0 Å². The number of alkyl halides is 2. The number of aryl methyl sites for hydroxylation is 1. The fourth-order valence-electron chi connectivity index (χ4n) is 4.29. The van der Waals surface area contributed by atoms with Crippen molar-refractivity contribution >= 4 is 11.9 Å². The number of carbonyl (C=O) groups is 1. The Balaban J connectivity index is 1.80. The Morgan fingerprint density at radius 1 is 1.11 bits per heavy atom. The second kappa shape index (κ2) is 10.5.